The van der Waals surface area contributed by atoms with Gasteiger partial charge in [-0.1, -0.05) is 30.0 Å². The van der Waals surface area contributed by atoms with Crippen LogP contribution in [-0.2, 0) is 0 Å². The molecule has 1 aromatic carbocycles. The number of aryl methyl sites for hydroxylation is 1. The highest BCUT2D eigenvalue weighted by Gasteiger charge is 2.32. The van der Waals surface area contributed by atoms with Gasteiger partial charge in [0.15, 0.2) is 16.8 Å². The Hall–Kier alpha value is -3.19. The van der Waals surface area contributed by atoms with Gasteiger partial charge >= 0.3 is 0 Å². The number of para-hydroxylation sites is 1. The second-order valence-corrected chi connectivity index (χ2v) is 9.54. The molecule has 3 aromatic heterocycles. The van der Waals surface area contributed by atoms with Crippen LogP contribution in [0.2, 0.25) is 0 Å². The SMILES string of the molecule is Cc1cc(C(=O)[C@H](C)Sc2nnc(-c3cccnc3)n2C2CC2)c(C)n1-c1ccccc1. The van der Waals surface area contributed by atoms with Gasteiger partial charge in [-0.3, -0.25) is 14.3 Å². The van der Waals surface area contributed by atoms with Crippen molar-refractivity contribution in [3.8, 4) is 17.1 Å². The Morgan fingerprint density at radius 1 is 1.09 bits per heavy atom. The standard InChI is InChI=1S/C25H25N5OS/c1-16-14-22(17(2)29(16)20-9-5-4-6-10-20)23(31)18(3)32-25-28-27-24(30(25)21-11-12-21)19-8-7-13-26-15-19/h4-10,13-15,18,21H,11-12H2,1-3H3/t18-/m0/s1. The molecule has 3 heterocycles. The van der Waals surface area contributed by atoms with E-state index >= 15 is 0 Å². The predicted octanol–water partition coefficient (Wildman–Crippen LogP) is 5.45. The molecule has 0 saturated heterocycles. The topological polar surface area (TPSA) is 65.6 Å². The van der Waals surface area contributed by atoms with Crippen LogP contribution < -0.4 is 0 Å². The van der Waals surface area contributed by atoms with E-state index in [2.05, 4.69) is 36.4 Å². The highest BCUT2D eigenvalue weighted by molar-refractivity contribution is 8.00. The number of Topliss-reactive ketones (excluding diaryl/α,β-unsaturated/α-hetero) is 1. The molecule has 0 aliphatic heterocycles. The summed E-state index contributed by atoms with van der Waals surface area (Å²) in [5, 5.41) is 9.42. The third-order valence-electron chi connectivity index (χ3n) is 5.86. The fourth-order valence-electron chi connectivity index (χ4n) is 4.13. The van der Waals surface area contributed by atoms with Crippen molar-refractivity contribution in [2.75, 3.05) is 0 Å². The molecule has 1 atom stereocenters. The van der Waals surface area contributed by atoms with Crippen molar-refractivity contribution < 1.29 is 4.79 Å². The maximum absolute atomic E-state index is 13.4. The van der Waals surface area contributed by atoms with Gasteiger partial charge in [-0.05, 0) is 63.9 Å². The normalized spacial score (nSPS) is 14.5. The molecule has 1 saturated carbocycles. The highest BCUT2D eigenvalue weighted by atomic mass is 32.2. The van der Waals surface area contributed by atoms with E-state index in [9.17, 15) is 4.79 Å². The van der Waals surface area contributed by atoms with Crippen LogP contribution in [0.4, 0.5) is 0 Å². The molecule has 4 aromatic rings. The van der Waals surface area contributed by atoms with E-state index in [1.54, 1.807) is 6.20 Å². The third-order valence-corrected chi connectivity index (χ3v) is 6.92. The molecule has 6 nitrogen and oxygen atoms in total. The van der Waals surface area contributed by atoms with Gasteiger partial charge < -0.3 is 4.57 Å². The molecule has 32 heavy (non-hydrogen) atoms. The quantitative estimate of drug-likeness (QED) is 0.281. The van der Waals surface area contributed by atoms with E-state index in [0.29, 0.717) is 6.04 Å². The summed E-state index contributed by atoms with van der Waals surface area (Å²) < 4.78 is 4.32. The van der Waals surface area contributed by atoms with Gasteiger partial charge in [0.2, 0.25) is 0 Å². The minimum absolute atomic E-state index is 0.110. The fourth-order valence-corrected chi connectivity index (χ4v) is 5.12. The van der Waals surface area contributed by atoms with Crippen molar-refractivity contribution in [3.05, 3.63) is 77.9 Å². The van der Waals surface area contributed by atoms with Gasteiger partial charge in [0.25, 0.3) is 0 Å². The fraction of sp³-hybridized carbons (Fsp3) is 0.280. The number of aromatic nitrogens is 5. The maximum Gasteiger partial charge on any atom is 0.192 e. The van der Waals surface area contributed by atoms with Crippen molar-refractivity contribution >= 4 is 17.5 Å². The number of nitrogens with zero attached hydrogens (tertiary/aromatic N) is 5. The molecule has 0 bridgehead atoms. The van der Waals surface area contributed by atoms with E-state index < -0.39 is 0 Å². The monoisotopic (exact) mass is 443 g/mol. The van der Waals surface area contributed by atoms with Crippen molar-refractivity contribution in [1.82, 2.24) is 24.3 Å². The van der Waals surface area contributed by atoms with Gasteiger partial charge in [-0.2, -0.15) is 0 Å². The molecule has 0 unspecified atom stereocenters. The molecule has 0 radical (unpaired) electrons. The van der Waals surface area contributed by atoms with E-state index in [4.69, 9.17) is 0 Å². The number of rotatable bonds is 7. The number of carbonyl (C=O) groups excluding carboxylic acids is 1. The Labute approximate surface area is 191 Å². The number of hydrogen-bond donors (Lipinski definition) is 0. The molecule has 1 aliphatic rings. The molecular formula is C25H25N5OS. The minimum atomic E-state index is -0.275. The van der Waals surface area contributed by atoms with Crippen LogP contribution in [0, 0.1) is 13.8 Å². The van der Waals surface area contributed by atoms with Crippen molar-refractivity contribution in [1.29, 1.82) is 0 Å². The molecule has 0 amide bonds. The smallest absolute Gasteiger partial charge is 0.192 e. The van der Waals surface area contributed by atoms with Crippen LogP contribution in [0.5, 0.6) is 0 Å². The summed E-state index contributed by atoms with van der Waals surface area (Å²) in [5.74, 6) is 0.934. The summed E-state index contributed by atoms with van der Waals surface area (Å²) in [6.07, 6.45) is 5.78. The average molecular weight is 444 g/mol. The van der Waals surface area contributed by atoms with Crippen LogP contribution in [0.25, 0.3) is 17.1 Å². The predicted molar refractivity (Wildman–Crippen MR) is 126 cm³/mol. The van der Waals surface area contributed by atoms with Gasteiger partial charge in [0.05, 0.1) is 5.25 Å². The van der Waals surface area contributed by atoms with Crippen LogP contribution in [0.15, 0.2) is 66.1 Å². The molecular weight excluding hydrogens is 418 g/mol. The van der Waals surface area contributed by atoms with Crippen molar-refractivity contribution in [2.45, 2.75) is 50.1 Å². The lowest BCUT2D eigenvalue weighted by atomic mass is 10.1. The molecule has 0 spiro atoms. The molecule has 1 fully saturated rings. The molecule has 7 heteroatoms. The number of pyridine rings is 1. The number of carbonyl (C=O) groups is 1. The summed E-state index contributed by atoms with van der Waals surface area (Å²) in [4.78, 5) is 17.7. The lowest BCUT2D eigenvalue weighted by molar-refractivity contribution is 0.0993. The first-order chi connectivity index (χ1) is 15.5. The third kappa shape index (κ3) is 3.77. The van der Waals surface area contributed by atoms with E-state index in [0.717, 1.165) is 52.0 Å². The summed E-state index contributed by atoms with van der Waals surface area (Å²) in [5.41, 5.74) is 4.79. The highest BCUT2D eigenvalue weighted by Crippen LogP contribution is 2.42. The van der Waals surface area contributed by atoms with Crippen LogP contribution in [0.3, 0.4) is 0 Å². The van der Waals surface area contributed by atoms with E-state index in [-0.39, 0.29) is 11.0 Å². The minimum Gasteiger partial charge on any atom is -0.318 e. The maximum atomic E-state index is 13.4. The zero-order valence-corrected chi connectivity index (χ0v) is 19.2. The van der Waals surface area contributed by atoms with Crippen LogP contribution in [0.1, 0.15) is 47.6 Å². The Morgan fingerprint density at radius 2 is 1.88 bits per heavy atom. The Morgan fingerprint density at radius 3 is 2.56 bits per heavy atom. The second-order valence-electron chi connectivity index (χ2n) is 8.23. The zero-order valence-electron chi connectivity index (χ0n) is 18.4. The largest absolute Gasteiger partial charge is 0.318 e. The first kappa shape index (κ1) is 20.7. The van der Waals surface area contributed by atoms with Crippen LogP contribution >= 0.6 is 11.8 Å². The number of ketones is 1. The molecule has 1 aliphatic carbocycles. The number of thioether (sulfide) groups is 1. The van der Waals surface area contributed by atoms with E-state index in [1.807, 2.05) is 63.4 Å². The summed E-state index contributed by atoms with van der Waals surface area (Å²) in [6.45, 7) is 6.01. The van der Waals surface area contributed by atoms with E-state index in [1.165, 1.54) is 11.8 Å². The second kappa shape index (κ2) is 8.39. The summed E-state index contributed by atoms with van der Waals surface area (Å²) in [7, 11) is 0. The molecule has 162 valence electrons. The van der Waals surface area contributed by atoms with Gasteiger partial charge in [0.1, 0.15) is 0 Å². The Kier molecular flexibility index (Phi) is 5.43. The van der Waals surface area contributed by atoms with Gasteiger partial charge in [-0.25, -0.2) is 0 Å². The van der Waals surface area contributed by atoms with Gasteiger partial charge in [-0.15, -0.1) is 10.2 Å². The molecule has 0 N–H and O–H groups in total. The first-order valence-electron chi connectivity index (χ1n) is 10.8. The lowest BCUT2D eigenvalue weighted by Crippen LogP contribution is -2.15. The lowest BCUT2D eigenvalue weighted by Gasteiger charge is -2.13. The Balaban J connectivity index is 1.43. The zero-order chi connectivity index (χ0) is 22.2. The van der Waals surface area contributed by atoms with Crippen molar-refractivity contribution in [3.63, 3.8) is 0 Å². The Bertz CT molecular complexity index is 1260. The summed E-state index contributed by atoms with van der Waals surface area (Å²) >= 11 is 1.49. The van der Waals surface area contributed by atoms with Crippen molar-refractivity contribution in [2.24, 2.45) is 0 Å². The van der Waals surface area contributed by atoms with Gasteiger partial charge in [0, 0.05) is 46.6 Å². The average Bonchev–Trinajstić information content (AvgIpc) is 3.50. The first-order valence-corrected chi connectivity index (χ1v) is 11.7. The summed E-state index contributed by atoms with van der Waals surface area (Å²) in [6, 6.07) is 16.4. The number of benzene rings is 1. The number of hydrogen-bond acceptors (Lipinski definition) is 5. The molecule has 5 rings (SSSR count). The van der Waals surface area contributed by atoms with Crippen LogP contribution in [-0.4, -0.2) is 35.3 Å².